The van der Waals surface area contributed by atoms with Gasteiger partial charge in [-0.3, -0.25) is 9.59 Å². The van der Waals surface area contributed by atoms with E-state index >= 15 is 0 Å². The second-order valence-electron chi connectivity index (χ2n) is 11.6. The lowest BCUT2D eigenvalue weighted by Crippen LogP contribution is -2.54. The number of anilines is 1. The molecule has 0 bridgehead atoms. The molecule has 242 valence electrons. The van der Waals surface area contributed by atoms with Crippen molar-refractivity contribution >= 4 is 46.0 Å². The van der Waals surface area contributed by atoms with E-state index < -0.39 is 53.0 Å². The van der Waals surface area contributed by atoms with Gasteiger partial charge in [-0.2, -0.15) is 13.2 Å². The molecule has 0 fully saturated rings. The van der Waals surface area contributed by atoms with E-state index in [0.29, 0.717) is 35.8 Å². The third-order valence-electron chi connectivity index (χ3n) is 7.97. The van der Waals surface area contributed by atoms with Gasteiger partial charge in [-0.1, -0.05) is 42.8 Å². The van der Waals surface area contributed by atoms with Crippen LogP contribution in [-0.2, 0) is 16.0 Å². The fourth-order valence-corrected chi connectivity index (χ4v) is 6.13. The van der Waals surface area contributed by atoms with Gasteiger partial charge in [0, 0.05) is 46.8 Å². The lowest BCUT2D eigenvalue weighted by atomic mass is 9.88. The second-order valence-corrected chi connectivity index (χ2v) is 12.0. The molecular formula is C33H31ClF4N4O4. The summed E-state index contributed by atoms with van der Waals surface area (Å²) in [6.07, 6.45) is -3.06. The number of nitrogens with one attached hydrogen (secondary N) is 2. The van der Waals surface area contributed by atoms with Crippen molar-refractivity contribution in [1.29, 1.82) is 0 Å². The van der Waals surface area contributed by atoms with Crippen LogP contribution in [0.2, 0.25) is 5.02 Å². The Kier molecular flexibility index (Phi) is 9.41. The van der Waals surface area contributed by atoms with Crippen LogP contribution in [0.4, 0.5) is 23.2 Å². The molecule has 3 atom stereocenters. The summed E-state index contributed by atoms with van der Waals surface area (Å²) in [4.78, 5) is 46.7. The van der Waals surface area contributed by atoms with Crippen molar-refractivity contribution in [2.45, 2.75) is 31.5 Å². The van der Waals surface area contributed by atoms with E-state index in [2.05, 4.69) is 15.0 Å². The molecule has 4 aromatic rings. The number of aromatic nitrogens is 1. The number of carbonyl (C=O) groups excluding carboxylic acids is 3. The molecular weight excluding hydrogens is 628 g/mol. The molecule has 0 spiro atoms. The van der Waals surface area contributed by atoms with Crippen LogP contribution in [0.25, 0.3) is 10.9 Å². The lowest BCUT2D eigenvalue weighted by molar-refractivity contribution is -0.189. The zero-order valence-corrected chi connectivity index (χ0v) is 25.9. The first-order valence-electron chi connectivity index (χ1n) is 14.4. The third-order valence-corrected chi connectivity index (χ3v) is 8.21. The highest BCUT2D eigenvalue weighted by Crippen LogP contribution is 2.36. The Balaban J connectivity index is 1.57. The number of rotatable bonds is 8. The predicted molar refractivity (Wildman–Crippen MR) is 166 cm³/mol. The van der Waals surface area contributed by atoms with Crippen LogP contribution < -0.4 is 15.0 Å². The standard InChI is InChI=1S/C33H31ClF4N4O4/c1-18(24-15-39-26-10-5-4-7-22(24)26)28(40-30(43)23-8-6-9-25(35)29(23)46-32(45)33(36,37)38)31(44)42-17-19(16-41(2)3)13-20-14-21(34)11-12-27(20)42/h4-12,14-15,18-19,28,39H,13,16-17H2,1-3H3,(H,40,43)/t18?,19-,28?/m1/s1. The number of ether oxygens (including phenoxy) is 1. The first-order chi connectivity index (χ1) is 21.7. The monoisotopic (exact) mass is 658 g/mol. The number of aromatic amines is 1. The quantitative estimate of drug-likeness (QED) is 0.136. The summed E-state index contributed by atoms with van der Waals surface area (Å²) in [6.45, 7) is 2.70. The van der Waals surface area contributed by atoms with Gasteiger partial charge in [0.05, 0.1) is 5.56 Å². The Hall–Kier alpha value is -4.42. The minimum atomic E-state index is -5.44. The minimum Gasteiger partial charge on any atom is -0.416 e. The number of hydrogen-bond donors (Lipinski definition) is 2. The molecule has 1 aromatic heterocycles. The van der Waals surface area contributed by atoms with Gasteiger partial charge >= 0.3 is 12.1 Å². The number of para-hydroxylation sites is 2. The van der Waals surface area contributed by atoms with E-state index in [1.165, 1.54) is 0 Å². The topological polar surface area (TPSA) is 94.7 Å². The van der Waals surface area contributed by atoms with Gasteiger partial charge < -0.3 is 24.8 Å². The average molecular weight is 659 g/mol. The number of fused-ring (bicyclic) bond motifs is 2. The van der Waals surface area contributed by atoms with Crippen LogP contribution in [0.15, 0.2) is 66.9 Å². The van der Waals surface area contributed by atoms with Crippen LogP contribution in [0.1, 0.15) is 34.3 Å². The van der Waals surface area contributed by atoms with Gasteiger partial charge in [-0.05, 0) is 74.0 Å². The van der Waals surface area contributed by atoms with Crippen LogP contribution in [-0.4, -0.2) is 67.1 Å². The Labute approximate surface area is 267 Å². The predicted octanol–water partition coefficient (Wildman–Crippen LogP) is 6.10. The highest BCUT2D eigenvalue weighted by atomic mass is 35.5. The van der Waals surface area contributed by atoms with Crippen LogP contribution in [0, 0.1) is 11.7 Å². The summed E-state index contributed by atoms with van der Waals surface area (Å²) in [6, 6.07) is 14.1. The van der Waals surface area contributed by atoms with E-state index in [-0.39, 0.29) is 5.92 Å². The summed E-state index contributed by atoms with van der Waals surface area (Å²) in [7, 11) is 3.84. The maximum Gasteiger partial charge on any atom is 0.491 e. The molecule has 8 nitrogen and oxygen atoms in total. The summed E-state index contributed by atoms with van der Waals surface area (Å²) < 4.78 is 58.1. The molecule has 1 aliphatic heterocycles. The van der Waals surface area contributed by atoms with Gasteiger partial charge in [0.2, 0.25) is 5.91 Å². The molecule has 0 saturated heterocycles. The van der Waals surface area contributed by atoms with Crippen molar-refractivity contribution in [3.05, 3.63) is 94.4 Å². The molecule has 2 N–H and O–H groups in total. The zero-order chi connectivity index (χ0) is 33.3. The highest BCUT2D eigenvalue weighted by Gasteiger charge is 2.43. The maximum absolute atomic E-state index is 14.7. The Morgan fingerprint density at radius 2 is 1.85 bits per heavy atom. The maximum atomic E-state index is 14.7. The Morgan fingerprint density at radius 1 is 1.11 bits per heavy atom. The molecule has 3 aromatic carbocycles. The fourth-order valence-electron chi connectivity index (χ4n) is 5.94. The first-order valence-corrected chi connectivity index (χ1v) is 14.8. The van der Waals surface area contributed by atoms with Crippen molar-refractivity contribution in [3.63, 3.8) is 0 Å². The summed E-state index contributed by atoms with van der Waals surface area (Å²) in [5.41, 5.74) is 2.25. The van der Waals surface area contributed by atoms with Gasteiger partial charge in [0.25, 0.3) is 5.91 Å². The highest BCUT2D eigenvalue weighted by molar-refractivity contribution is 6.30. The molecule has 2 unspecified atom stereocenters. The Bertz CT molecular complexity index is 1790. The van der Waals surface area contributed by atoms with Gasteiger partial charge in [-0.25, -0.2) is 9.18 Å². The van der Waals surface area contributed by atoms with Crippen LogP contribution >= 0.6 is 11.6 Å². The number of halogens is 5. The SMILES string of the molecule is CC(c1c[nH]c2ccccc12)C(NC(=O)c1cccc(F)c1OC(=O)C(F)(F)F)C(=O)N1C[C@@H](CN(C)C)Cc2cc(Cl)ccc21. The number of hydrogen-bond acceptors (Lipinski definition) is 5. The molecule has 2 amide bonds. The fraction of sp³-hybridized carbons (Fsp3) is 0.303. The number of carbonyl (C=O) groups is 3. The van der Waals surface area contributed by atoms with E-state index in [4.69, 9.17) is 11.6 Å². The van der Waals surface area contributed by atoms with E-state index in [0.717, 1.165) is 34.7 Å². The van der Waals surface area contributed by atoms with Crippen molar-refractivity contribution in [2.75, 3.05) is 32.1 Å². The lowest BCUT2D eigenvalue weighted by Gasteiger charge is -2.38. The van der Waals surface area contributed by atoms with E-state index in [1.807, 2.05) is 43.3 Å². The largest absolute Gasteiger partial charge is 0.491 e. The Morgan fingerprint density at radius 3 is 2.57 bits per heavy atom. The molecule has 0 aliphatic carbocycles. The summed E-state index contributed by atoms with van der Waals surface area (Å²) in [5.74, 6) is -7.52. The third kappa shape index (κ3) is 6.87. The van der Waals surface area contributed by atoms with Crippen molar-refractivity contribution < 1.29 is 36.7 Å². The zero-order valence-electron chi connectivity index (χ0n) is 25.1. The number of esters is 1. The average Bonchev–Trinajstić information content (AvgIpc) is 3.43. The summed E-state index contributed by atoms with van der Waals surface area (Å²) >= 11 is 6.31. The molecule has 0 radical (unpaired) electrons. The van der Waals surface area contributed by atoms with Crippen LogP contribution in [0.5, 0.6) is 5.75 Å². The van der Waals surface area contributed by atoms with Crippen molar-refractivity contribution in [1.82, 2.24) is 15.2 Å². The number of amides is 2. The summed E-state index contributed by atoms with van der Waals surface area (Å²) in [5, 5.41) is 3.94. The van der Waals surface area contributed by atoms with Gasteiger partial charge in [-0.15, -0.1) is 0 Å². The minimum absolute atomic E-state index is 0.0151. The molecule has 46 heavy (non-hydrogen) atoms. The van der Waals surface area contributed by atoms with E-state index in [1.54, 1.807) is 36.2 Å². The first kappa shape index (κ1) is 33.0. The molecule has 2 heterocycles. The second kappa shape index (κ2) is 13.1. The van der Waals surface area contributed by atoms with E-state index in [9.17, 15) is 31.9 Å². The molecule has 5 rings (SSSR count). The number of H-pyrrole nitrogens is 1. The number of benzene rings is 3. The van der Waals surface area contributed by atoms with Crippen LogP contribution in [0.3, 0.4) is 0 Å². The van der Waals surface area contributed by atoms with Crippen molar-refractivity contribution in [2.24, 2.45) is 5.92 Å². The smallest absolute Gasteiger partial charge is 0.416 e. The molecule has 13 heteroatoms. The molecule has 0 saturated carbocycles. The van der Waals surface area contributed by atoms with Crippen molar-refractivity contribution in [3.8, 4) is 5.75 Å². The normalized spacial score (nSPS) is 16.2. The number of alkyl halides is 3. The van der Waals surface area contributed by atoms with Gasteiger partial charge in [0.15, 0.2) is 11.6 Å². The number of nitrogens with zero attached hydrogens (tertiary/aromatic N) is 2. The van der Waals surface area contributed by atoms with Gasteiger partial charge in [0.1, 0.15) is 6.04 Å². The molecule has 1 aliphatic rings.